The molecule has 0 radical (unpaired) electrons. The minimum absolute atomic E-state index is 0.0447. The molecule has 3 nitrogen and oxygen atoms in total. The van der Waals surface area contributed by atoms with E-state index < -0.39 is 0 Å². The van der Waals surface area contributed by atoms with Crippen LogP contribution in [0.1, 0.15) is 34.8 Å². The number of hydrogen-bond donors (Lipinski definition) is 0. The monoisotopic (exact) mass is 332 g/mol. The lowest BCUT2D eigenvalue weighted by atomic mass is 10.2. The molecule has 0 atom stereocenters. The van der Waals surface area contributed by atoms with E-state index in [9.17, 15) is 9.59 Å². The summed E-state index contributed by atoms with van der Waals surface area (Å²) in [5.74, 6) is 1.11. The average molecular weight is 332 g/mol. The van der Waals surface area contributed by atoms with Crippen LogP contribution in [0.2, 0.25) is 0 Å². The molecule has 0 saturated carbocycles. The van der Waals surface area contributed by atoms with Crippen molar-refractivity contribution in [2.24, 2.45) is 0 Å². The summed E-state index contributed by atoms with van der Waals surface area (Å²) in [7, 11) is 0. The first-order valence-electron chi connectivity index (χ1n) is 6.81. The van der Waals surface area contributed by atoms with Gasteiger partial charge in [-0.05, 0) is 36.9 Å². The fourth-order valence-electron chi connectivity index (χ4n) is 1.71. The number of rotatable bonds is 7. The maximum Gasteiger partial charge on any atom is 0.222 e. The predicted molar refractivity (Wildman–Crippen MR) is 91.6 cm³/mol. The number of carbonyl (C=O) groups is 2. The normalized spacial score (nSPS) is 11.5. The highest BCUT2D eigenvalue weighted by atomic mass is 32.2. The molecule has 0 bridgehead atoms. The number of allylic oxidation sites excluding steroid dienone is 1. The maximum absolute atomic E-state index is 12.1. The first-order chi connectivity index (χ1) is 10.6. The zero-order chi connectivity index (χ0) is 15.9. The van der Waals surface area contributed by atoms with Gasteiger partial charge in [-0.2, -0.15) is 0 Å². The Balaban J connectivity index is 2.14. The molecule has 0 aliphatic heterocycles. The number of Topliss-reactive ketones (excluding diaryl/α,β-unsaturated/α-hetero) is 1. The molecule has 2 aromatic rings. The summed E-state index contributed by atoms with van der Waals surface area (Å²) in [6.45, 7) is 3.58. The molecular formula is C17H16O3S2. The second-order valence-electron chi connectivity index (χ2n) is 4.42. The van der Waals surface area contributed by atoms with Crippen LogP contribution in [0.5, 0.6) is 0 Å². The van der Waals surface area contributed by atoms with Crippen molar-refractivity contribution in [3.05, 3.63) is 64.3 Å². The van der Waals surface area contributed by atoms with Crippen molar-refractivity contribution in [1.82, 2.24) is 0 Å². The fourth-order valence-corrected chi connectivity index (χ4v) is 3.74. The minimum Gasteiger partial charge on any atom is -0.461 e. The number of benzene rings is 1. The standard InChI is InChI=1S/C17H16O3S2/c1-3-21-17(11-15(19)16-5-4-10-20-16)22-14-8-6-13(7-9-14)12(2)18/h4-11H,3H2,1-2H3/b17-11+. The van der Waals surface area contributed by atoms with Crippen LogP contribution >= 0.6 is 23.5 Å². The molecule has 0 saturated heterocycles. The van der Waals surface area contributed by atoms with Crippen molar-refractivity contribution in [1.29, 1.82) is 0 Å². The molecule has 114 valence electrons. The van der Waals surface area contributed by atoms with Crippen LogP contribution in [-0.2, 0) is 0 Å². The van der Waals surface area contributed by atoms with E-state index in [1.165, 1.54) is 18.0 Å². The first kappa shape index (κ1) is 16.6. The van der Waals surface area contributed by atoms with Crippen molar-refractivity contribution in [2.75, 3.05) is 5.75 Å². The molecule has 1 aromatic heterocycles. The summed E-state index contributed by atoms with van der Waals surface area (Å²) in [5.41, 5.74) is 0.685. The lowest BCUT2D eigenvalue weighted by Gasteiger charge is -2.06. The van der Waals surface area contributed by atoms with E-state index in [-0.39, 0.29) is 11.6 Å². The molecule has 22 heavy (non-hydrogen) atoms. The molecule has 0 fully saturated rings. The van der Waals surface area contributed by atoms with E-state index in [2.05, 4.69) is 0 Å². The number of hydrogen-bond acceptors (Lipinski definition) is 5. The van der Waals surface area contributed by atoms with Gasteiger partial charge in [0, 0.05) is 20.8 Å². The Kier molecular flexibility index (Phi) is 6.10. The fraction of sp³-hybridized carbons (Fsp3) is 0.176. The van der Waals surface area contributed by atoms with Gasteiger partial charge < -0.3 is 4.42 Å². The Labute approximate surface area is 138 Å². The quantitative estimate of drug-likeness (QED) is 0.403. The van der Waals surface area contributed by atoms with Gasteiger partial charge in [0.15, 0.2) is 11.5 Å². The van der Waals surface area contributed by atoms with Crippen LogP contribution in [0.25, 0.3) is 0 Å². The van der Waals surface area contributed by atoms with Gasteiger partial charge in [0.25, 0.3) is 0 Å². The van der Waals surface area contributed by atoms with E-state index in [0.717, 1.165) is 14.9 Å². The van der Waals surface area contributed by atoms with E-state index in [4.69, 9.17) is 4.42 Å². The van der Waals surface area contributed by atoms with Crippen molar-refractivity contribution in [3.63, 3.8) is 0 Å². The summed E-state index contributed by atoms with van der Waals surface area (Å²) in [6, 6.07) is 10.7. The number of carbonyl (C=O) groups excluding carboxylic acids is 2. The van der Waals surface area contributed by atoms with Crippen LogP contribution in [0.15, 0.2) is 62.3 Å². The third kappa shape index (κ3) is 4.64. The second kappa shape index (κ2) is 8.06. The molecule has 0 unspecified atom stereocenters. The van der Waals surface area contributed by atoms with Crippen LogP contribution < -0.4 is 0 Å². The molecule has 0 aliphatic carbocycles. The smallest absolute Gasteiger partial charge is 0.222 e. The molecule has 5 heteroatoms. The number of ketones is 2. The van der Waals surface area contributed by atoms with Gasteiger partial charge in [-0.1, -0.05) is 30.8 Å². The third-order valence-electron chi connectivity index (χ3n) is 2.78. The highest BCUT2D eigenvalue weighted by Crippen LogP contribution is 2.35. The van der Waals surface area contributed by atoms with Crippen LogP contribution in [-0.4, -0.2) is 17.3 Å². The van der Waals surface area contributed by atoms with Gasteiger partial charge in [0.2, 0.25) is 5.78 Å². The Hall–Kier alpha value is -1.72. The molecule has 0 N–H and O–H groups in total. The second-order valence-corrected chi connectivity index (χ2v) is 7.10. The van der Waals surface area contributed by atoms with Crippen molar-refractivity contribution < 1.29 is 14.0 Å². The summed E-state index contributed by atoms with van der Waals surface area (Å²) in [5, 5.41) is 0. The lowest BCUT2D eigenvalue weighted by Crippen LogP contribution is -1.93. The van der Waals surface area contributed by atoms with Crippen LogP contribution in [0.3, 0.4) is 0 Å². The summed E-state index contributed by atoms with van der Waals surface area (Å²) >= 11 is 3.11. The van der Waals surface area contributed by atoms with Gasteiger partial charge in [0.1, 0.15) is 0 Å². The van der Waals surface area contributed by atoms with E-state index in [0.29, 0.717) is 11.3 Å². The highest BCUT2D eigenvalue weighted by molar-refractivity contribution is 8.22. The Bertz CT molecular complexity index is 670. The topological polar surface area (TPSA) is 47.3 Å². The summed E-state index contributed by atoms with van der Waals surface area (Å²) < 4.78 is 6.02. The molecule has 0 amide bonds. The van der Waals surface area contributed by atoms with Crippen molar-refractivity contribution >= 4 is 35.1 Å². The van der Waals surface area contributed by atoms with E-state index in [1.807, 2.05) is 19.1 Å². The lowest BCUT2D eigenvalue weighted by molar-refractivity contribution is 0.101. The van der Waals surface area contributed by atoms with Gasteiger partial charge >= 0.3 is 0 Å². The Morgan fingerprint density at radius 3 is 2.45 bits per heavy atom. The summed E-state index contributed by atoms with van der Waals surface area (Å²) in [4.78, 5) is 24.4. The SMILES string of the molecule is CCS/C(=C\C(=O)c1ccco1)Sc1ccc(C(C)=O)cc1. The average Bonchev–Trinajstić information content (AvgIpc) is 3.02. The molecular weight excluding hydrogens is 316 g/mol. The number of furan rings is 1. The zero-order valence-electron chi connectivity index (χ0n) is 12.4. The third-order valence-corrected chi connectivity index (χ3v) is 4.90. The molecule has 1 aromatic carbocycles. The first-order valence-corrected chi connectivity index (χ1v) is 8.61. The van der Waals surface area contributed by atoms with Gasteiger partial charge in [0.05, 0.1) is 6.26 Å². The largest absolute Gasteiger partial charge is 0.461 e. The van der Waals surface area contributed by atoms with Gasteiger partial charge in [-0.15, -0.1) is 11.8 Å². The Morgan fingerprint density at radius 1 is 1.18 bits per heavy atom. The molecule has 1 heterocycles. The molecule has 0 spiro atoms. The Morgan fingerprint density at radius 2 is 1.91 bits per heavy atom. The molecule has 0 aliphatic rings. The number of thioether (sulfide) groups is 2. The predicted octanol–water partition coefficient (Wildman–Crippen LogP) is 5.05. The highest BCUT2D eigenvalue weighted by Gasteiger charge is 2.09. The summed E-state index contributed by atoms with van der Waals surface area (Å²) in [6.07, 6.45) is 3.08. The van der Waals surface area contributed by atoms with E-state index in [1.54, 1.807) is 49.0 Å². The minimum atomic E-state index is -0.145. The van der Waals surface area contributed by atoms with Crippen molar-refractivity contribution in [2.45, 2.75) is 18.7 Å². The van der Waals surface area contributed by atoms with Crippen LogP contribution in [0, 0.1) is 0 Å². The zero-order valence-corrected chi connectivity index (χ0v) is 14.0. The van der Waals surface area contributed by atoms with Crippen molar-refractivity contribution in [3.8, 4) is 0 Å². The van der Waals surface area contributed by atoms with Gasteiger partial charge in [-0.3, -0.25) is 9.59 Å². The van der Waals surface area contributed by atoms with Gasteiger partial charge in [-0.25, -0.2) is 0 Å². The molecule has 2 rings (SSSR count). The van der Waals surface area contributed by atoms with E-state index >= 15 is 0 Å². The van der Waals surface area contributed by atoms with Crippen LogP contribution in [0.4, 0.5) is 0 Å². The maximum atomic E-state index is 12.1.